The first-order valence-corrected chi connectivity index (χ1v) is 9.90. The summed E-state index contributed by atoms with van der Waals surface area (Å²) in [5.74, 6) is 0.301. The predicted octanol–water partition coefficient (Wildman–Crippen LogP) is 1.39. The number of pyridine rings is 1. The molecule has 1 fully saturated rings. The van der Waals surface area contributed by atoms with Gasteiger partial charge < -0.3 is 20.7 Å². The molecule has 6 nitrogen and oxygen atoms in total. The number of hydrogen-bond donors (Lipinski definition) is 3. The van der Waals surface area contributed by atoms with E-state index >= 15 is 0 Å². The van der Waals surface area contributed by atoms with Crippen molar-refractivity contribution in [2.24, 2.45) is 5.73 Å². The van der Waals surface area contributed by atoms with Gasteiger partial charge in [0.2, 0.25) is 0 Å². The first kappa shape index (κ1) is 19.6. The number of nitrogens with two attached hydrogens (primary N) is 1. The largest absolute Gasteiger partial charge is 0.489 e. The fraction of sp³-hybridized carbons (Fsp3) is 0.273. The van der Waals surface area contributed by atoms with Gasteiger partial charge in [-0.15, -0.1) is 0 Å². The molecule has 4 N–H and O–H groups in total. The lowest BCUT2D eigenvalue weighted by atomic mass is 9.77. The molecule has 1 aliphatic heterocycles. The van der Waals surface area contributed by atoms with Crippen molar-refractivity contribution >= 4 is 29.3 Å². The highest BCUT2D eigenvalue weighted by Crippen LogP contribution is 2.29. The fourth-order valence-electron chi connectivity index (χ4n) is 4.09. The highest BCUT2D eigenvalue weighted by molar-refractivity contribution is 6.62. The number of piperidine rings is 1. The molecular weight excluding hydrogens is 365 g/mol. The van der Waals surface area contributed by atoms with Crippen LogP contribution in [-0.2, 0) is 6.54 Å². The van der Waals surface area contributed by atoms with Gasteiger partial charge in [0.1, 0.15) is 5.69 Å². The fourth-order valence-corrected chi connectivity index (χ4v) is 4.09. The lowest BCUT2D eigenvalue weighted by Crippen LogP contribution is -2.38. The summed E-state index contributed by atoms with van der Waals surface area (Å²) >= 11 is 0. The zero-order valence-corrected chi connectivity index (χ0v) is 16.2. The van der Waals surface area contributed by atoms with Crippen LogP contribution in [0.5, 0.6) is 0 Å². The van der Waals surface area contributed by atoms with Crippen molar-refractivity contribution in [3.05, 3.63) is 71.5 Å². The van der Waals surface area contributed by atoms with Gasteiger partial charge in [-0.05, 0) is 52.2 Å². The Hall–Kier alpha value is -2.74. The lowest BCUT2D eigenvalue weighted by molar-refractivity contribution is 0.0707. The molecule has 0 saturated carbocycles. The SMILES string of the molecule is NCc1cccc(C2CCN(C(=O)c3cc4c(B(O)O)cccc4cn3)CC2)c1. The van der Waals surface area contributed by atoms with Gasteiger partial charge in [-0.2, -0.15) is 0 Å². The van der Waals surface area contributed by atoms with Gasteiger partial charge in [0.25, 0.3) is 5.91 Å². The first-order valence-electron chi connectivity index (χ1n) is 9.90. The molecule has 148 valence electrons. The summed E-state index contributed by atoms with van der Waals surface area (Å²) in [6.45, 7) is 1.87. The average Bonchev–Trinajstić information content (AvgIpc) is 2.77. The van der Waals surface area contributed by atoms with E-state index in [2.05, 4.69) is 17.1 Å². The van der Waals surface area contributed by atoms with E-state index < -0.39 is 7.12 Å². The summed E-state index contributed by atoms with van der Waals surface area (Å²) in [6, 6.07) is 15.2. The van der Waals surface area contributed by atoms with E-state index in [1.165, 1.54) is 5.56 Å². The molecule has 29 heavy (non-hydrogen) atoms. The Morgan fingerprint density at radius 2 is 1.90 bits per heavy atom. The van der Waals surface area contributed by atoms with Crippen LogP contribution in [0.1, 0.15) is 40.4 Å². The Kier molecular flexibility index (Phi) is 5.62. The van der Waals surface area contributed by atoms with Crippen LogP contribution in [0.15, 0.2) is 54.7 Å². The van der Waals surface area contributed by atoms with E-state index in [4.69, 9.17) is 5.73 Å². The minimum atomic E-state index is -1.59. The van der Waals surface area contributed by atoms with E-state index in [1.807, 2.05) is 23.1 Å². The predicted molar refractivity (Wildman–Crippen MR) is 114 cm³/mol. The van der Waals surface area contributed by atoms with Crippen LogP contribution in [0.3, 0.4) is 0 Å². The number of carbonyl (C=O) groups is 1. The highest BCUT2D eigenvalue weighted by Gasteiger charge is 2.26. The summed E-state index contributed by atoms with van der Waals surface area (Å²) < 4.78 is 0. The quantitative estimate of drug-likeness (QED) is 0.586. The van der Waals surface area contributed by atoms with Gasteiger partial charge in [-0.25, -0.2) is 0 Å². The van der Waals surface area contributed by atoms with Gasteiger partial charge in [-0.1, -0.05) is 42.5 Å². The number of nitrogens with zero attached hydrogens (tertiary/aromatic N) is 2. The third-order valence-corrected chi connectivity index (χ3v) is 5.73. The molecule has 1 saturated heterocycles. The van der Waals surface area contributed by atoms with Crippen molar-refractivity contribution in [3.63, 3.8) is 0 Å². The first-order chi connectivity index (χ1) is 14.1. The Bertz CT molecular complexity index is 1030. The van der Waals surface area contributed by atoms with E-state index in [1.54, 1.807) is 24.4 Å². The van der Waals surface area contributed by atoms with Crippen molar-refractivity contribution in [3.8, 4) is 0 Å². The number of benzene rings is 2. The van der Waals surface area contributed by atoms with E-state index in [9.17, 15) is 14.8 Å². The molecule has 2 heterocycles. The number of likely N-dealkylation sites (tertiary alicyclic amines) is 1. The second kappa shape index (κ2) is 8.33. The van der Waals surface area contributed by atoms with Gasteiger partial charge in [0.15, 0.2) is 0 Å². The molecule has 1 amide bonds. The van der Waals surface area contributed by atoms with Crippen molar-refractivity contribution in [2.45, 2.75) is 25.3 Å². The summed E-state index contributed by atoms with van der Waals surface area (Å²) in [6.07, 6.45) is 3.40. The molecule has 0 aliphatic carbocycles. The Morgan fingerprint density at radius 1 is 1.14 bits per heavy atom. The van der Waals surface area contributed by atoms with Gasteiger partial charge in [0.05, 0.1) is 0 Å². The van der Waals surface area contributed by atoms with Crippen LogP contribution >= 0.6 is 0 Å². The van der Waals surface area contributed by atoms with Crippen molar-refractivity contribution < 1.29 is 14.8 Å². The molecule has 1 aliphatic rings. The van der Waals surface area contributed by atoms with Crippen molar-refractivity contribution in [1.29, 1.82) is 0 Å². The molecule has 3 aromatic rings. The molecule has 7 heteroatoms. The monoisotopic (exact) mass is 389 g/mol. The smallest absolute Gasteiger partial charge is 0.423 e. The summed E-state index contributed by atoms with van der Waals surface area (Å²) in [5.41, 5.74) is 8.86. The summed E-state index contributed by atoms with van der Waals surface area (Å²) in [7, 11) is -1.59. The lowest BCUT2D eigenvalue weighted by Gasteiger charge is -2.32. The maximum absolute atomic E-state index is 13.0. The van der Waals surface area contributed by atoms with Gasteiger partial charge in [-0.3, -0.25) is 9.78 Å². The molecule has 0 spiro atoms. The molecule has 0 radical (unpaired) electrons. The molecule has 4 rings (SSSR count). The number of aromatic nitrogens is 1. The summed E-state index contributed by atoms with van der Waals surface area (Å²) in [4.78, 5) is 19.1. The van der Waals surface area contributed by atoms with E-state index in [-0.39, 0.29) is 5.91 Å². The van der Waals surface area contributed by atoms with Crippen molar-refractivity contribution in [2.75, 3.05) is 13.1 Å². The number of carbonyl (C=O) groups excluding carboxylic acids is 1. The van der Waals surface area contributed by atoms with Crippen LogP contribution in [0.4, 0.5) is 0 Å². The third-order valence-electron chi connectivity index (χ3n) is 5.73. The molecule has 2 aromatic carbocycles. The van der Waals surface area contributed by atoms with Crippen LogP contribution in [0, 0.1) is 0 Å². The Morgan fingerprint density at radius 3 is 2.62 bits per heavy atom. The molecule has 0 atom stereocenters. The maximum Gasteiger partial charge on any atom is 0.489 e. The Balaban J connectivity index is 1.50. The molecule has 1 aromatic heterocycles. The standard InChI is InChI=1S/C22H24BN3O3/c24-13-15-3-1-4-17(11-15)16-7-9-26(10-8-16)22(27)21-12-19-18(14-25-21)5-2-6-20(19)23(28)29/h1-6,11-12,14,16,28-29H,7-10,13,24H2. The Labute approximate surface area is 170 Å². The van der Waals surface area contributed by atoms with E-state index in [0.29, 0.717) is 42.1 Å². The average molecular weight is 389 g/mol. The third kappa shape index (κ3) is 4.03. The zero-order valence-electron chi connectivity index (χ0n) is 16.2. The minimum Gasteiger partial charge on any atom is -0.423 e. The molecular formula is C22H24BN3O3. The van der Waals surface area contributed by atoms with E-state index in [0.717, 1.165) is 23.8 Å². The van der Waals surface area contributed by atoms with Crippen LogP contribution in [0.2, 0.25) is 0 Å². The van der Waals surface area contributed by atoms with Crippen LogP contribution in [0.25, 0.3) is 10.8 Å². The normalized spacial score (nSPS) is 14.9. The van der Waals surface area contributed by atoms with Crippen LogP contribution in [-0.4, -0.2) is 46.0 Å². The number of amides is 1. The van der Waals surface area contributed by atoms with Crippen LogP contribution < -0.4 is 11.2 Å². The highest BCUT2D eigenvalue weighted by atomic mass is 16.4. The topological polar surface area (TPSA) is 99.7 Å². The van der Waals surface area contributed by atoms with Gasteiger partial charge >= 0.3 is 7.12 Å². The summed E-state index contributed by atoms with van der Waals surface area (Å²) in [5, 5.41) is 20.6. The second-order valence-electron chi connectivity index (χ2n) is 7.53. The number of rotatable bonds is 4. The number of hydrogen-bond acceptors (Lipinski definition) is 5. The number of fused-ring (bicyclic) bond motifs is 1. The van der Waals surface area contributed by atoms with Crippen molar-refractivity contribution in [1.82, 2.24) is 9.88 Å². The minimum absolute atomic E-state index is 0.122. The van der Waals surface area contributed by atoms with Gasteiger partial charge in [0, 0.05) is 25.8 Å². The maximum atomic E-state index is 13.0. The second-order valence-corrected chi connectivity index (χ2v) is 7.53. The molecule has 0 bridgehead atoms. The molecule has 0 unspecified atom stereocenters. The zero-order chi connectivity index (χ0) is 20.4.